The van der Waals surface area contributed by atoms with Gasteiger partial charge in [-0.1, -0.05) is 11.3 Å². The molecule has 0 fully saturated rings. The summed E-state index contributed by atoms with van der Waals surface area (Å²) in [7, 11) is 0. The summed E-state index contributed by atoms with van der Waals surface area (Å²) in [6.07, 6.45) is 0. The summed E-state index contributed by atoms with van der Waals surface area (Å²) in [6.45, 7) is 4.24. The third kappa shape index (κ3) is 4.14. The van der Waals surface area contributed by atoms with Gasteiger partial charge < -0.3 is 10.5 Å². The minimum absolute atomic E-state index is 0.00982. The third-order valence-electron chi connectivity index (χ3n) is 4.22. The van der Waals surface area contributed by atoms with Gasteiger partial charge in [0.25, 0.3) is 5.91 Å². The number of ether oxygens (including phenoxy) is 1. The Balaban J connectivity index is 1.72. The molecule has 0 saturated heterocycles. The van der Waals surface area contributed by atoms with E-state index < -0.39 is 5.91 Å². The number of aromatic nitrogens is 5. The molecule has 158 valence electrons. The molecule has 4 rings (SSSR count). The van der Waals surface area contributed by atoms with Crippen LogP contribution in [0.3, 0.4) is 0 Å². The van der Waals surface area contributed by atoms with E-state index in [0.717, 1.165) is 4.88 Å². The van der Waals surface area contributed by atoms with Crippen LogP contribution in [0.1, 0.15) is 29.2 Å². The second-order valence-electron chi connectivity index (χ2n) is 6.24. The number of hydrogen-bond acceptors (Lipinski definition) is 10. The van der Waals surface area contributed by atoms with E-state index in [4.69, 9.17) is 10.5 Å². The average molecular weight is 438 g/mol. The lowest BCUT2D eigenvalue weighted by Gasteiger charge is -2.08. The fourth-order valence-corrected chi connectivity index (χ4v) is 3.46. The molecule has 0 aliphatic rings. The van der Waals surface area contributed by atoms with Crippen LogP contribution < -0.4 is 15.9 Å². The zero-order chi connectivity index (χ0) is 21.8. The van der Waals surface area contributed by atoms with Gasteiger partial charge in [0.1, 0.15) is 11.4 Å². The lowest BCUT2D eigenvalue weighted by atomic mass is 10.1. The first-order valence-electron chi connectivity index (χ1n) is 9.24. The Morgan fingerprint density at radius 2 is 2.10 bits per heavy atom. The van der Waals surface area contributed by atoms with Crippen molar-refractivity contribution in [2.24, 2.45) is 5.10 Å². The van der Waals surface area contributed by atoms with Crippen molar-refractivity contribution in [1.82, 2.24) is 30.7 Å². The molecule has 0 aliphatic carbocycles. The topological polar surface area (TPSA) is 146 Å². The van der Waals surface area contributed by atoms with E-state index in [0.29, 0.717) is 29.3 Å². The molecule has 0 saturated carbocycles. The molecule has 0 bridgehead atoms. The first-order valence-corrected chi connectivity index (χ1v) is 10.1. The predicted molar refractivity (Wildman–Crippen MR) is 114 cm³/mol. The van der Waals surface area contributed by atoms with Crippen molar-refractivity contribution in [3.8, 4) is 22.8 Å². The first kappa shape index (κ1) is 20.2. The van der Waals surface area contributed by atoms with E-state index >= 15 is 0 Å². The van der Waals surface area contributed by atoms with Crippen molar-refractivity contribution >= 4 is 28.8 Å². The van der Waals surface area contributed by atoms with E-state index in [1.54, 1.807) is 31.2 Å². The fourth-order valence-electron chi connectivity index (χ4n) is 2.78. The molecule has 1 amide bonds. The second-order valence-corrected chi connectivity index (χ2v) is 7.19. The Morgan fingerprint density at radius 3 is 2.74 bits per heavy atom. The minimum atomic E-state index is -0.541. The maximum atomic E-state index is 12.9. The van der Waals surface area contributed by atoms with Crippen LogP contribution in [0.25, 0.3) is 17.1 Å². The van der Waals surface area contributed by atoms with Gasteiger partial charge in [-0.05, 0) is 59.9 Å². The average Bonchev–Trinajstić information content (AvgIpc) is 3.53. The smallest absolute Gasteiger partial charge is 0.294 e. The summed E-state index contributed by atoms with van der Waals surface area (Å²) in [5.74, 6) is 0.278. The number of nitrogens with two attached hydrogens (primary N) is 1. The number of nitrogens with zero attached hydrogens (tertiary/aromatic N) is 6. The number of carbonyl (C=O) groups excluding carboxylic acids is 1. The van der Waals surface area contributed by atoms with Crippen LogP contribution >= 0.6 is 11.3 Å². The molecule has 0 unspecified atom stereocenters. The molecular weight excluding hydrogens is 420 g/mol. The Bertz CT molecular complexity index is 1210. The molecule has 0 atom stereocenters. The van der Waals surface area contributed by atoms with Gasteiger partial charge in [0, 0.05) is 10.4 Å². The molecule has 0 radical (unpaired) electrons. The number of nitrogen functional groups attached to an aromatic ring is 1. The Morgan fingerprint density at radius 1 is 1.29 bits per heavy atom. The van der Waals surface area contributed by atoms with Crippen LogP contribution in [0.2, 0.25) is 0 Å². The molecular formula is C19H18N8O3S. The maximum absolute atomic E-state index is 12.9. The van der Waals surface area contributed by atoms with Crippen LogP contribution in [0, 0.1) is 0 Å². The number of rotatable bonds is 7. The van der Waals surface area contributed by atoms with Crippen molar-refractivity contribution in [3.63, 3.8) is 0 Å². The normalized spacial score (nSPS) is 11.5. The molecule has 3 aromatic heterocycles. The van der Waals surface area contributed by atoms with Crippen molar-refractivity contribution in [1.29, 1.82) is 0 Å². The Hall–Kier alpha value is -4.06. The molecule has 3 N–H and O–H groups in total. The lowest BCUT2D eigenvalue weighted by molar-refractivity contribution is 0.0950. The van der Waals surface area contributed by atoms with Crippen LogP contribution in [-0.2, 0) is 0 Å². The van der Waals surface area contributed by atoms with E-state index in [9.17, 15) is 4.79 Å². The highest BCUT2D eigenvalue weighted by molar-refractivity contribution is 7.12. The van der Waals surface area contributed by atoms with E-state index in [2.05, 4.69) is 35.8 Å². The monoisotopic (exact) mass is 438 g/mol. The number of anilines is 1. The van der Waals surface area contributed by atoms with Crippen molar-refractivity contribution in [3.05, 3.63) is 52.3 Å². The zero-order valence-electron chi connectivity index (χ0n) is 16.6. The SMILES string of the molecule is CCOc1ccc(-c2c(C(=O)N/N=C(\C)c3cccs3)nnn2-c2nonc2N)cc1. The quantitative estimate of drug-likeness (QED) is 0.330. The van der Waals surface area contributed by atoms with Gasteiger partial charge in [-0.15, -0.1) is 16.4 Å². The largest absolute Gasteiger partial charge is 0.494 e. The molecule has 4 aromatic rings. The highest BCUT2D eigenvalue weighted by Crippen LogP contribution is 2.28. The number of carbonyl (C=O) groups is 1. The minimum Gasteiger partial charge on any atom is -0.494 e. The van der Waals surface area contributed by atoms with Gasteiger partial charge in [0.2, 0.25) is 11.6 Å². The third-order valence-corrected chi connectivity index (χ3v) is 5.20. The molecule has 11 nitrogen and oxygen atoms in total. The molecule has 1 aromatic carbocycles. The van der Waals surface area contributed by atoms with Crippen molar-refractivity contribution in [2.45, 2.75) is 13.8 Å². The number of benzene rings is 1. The van der Waals surface area contributed by atoms with Crippen LogP contribution in [0.5, 0.6) is 5.75 Å². The van der Waals surface area contributed by atoms with Gasteiger partial charge in [-0.3, -0.25) is 4.79 Å². The molecule has 0 aliphatic heterocycles. The second kappa shape index (κ2) is 8.75. The van der Waals surface area contributed by atoms with Gasteiger partial charge in [0.05, 0.1) is 12.3 Å². The summed E-state index contributed by atoms with van der Waals surface area (Å²) in [5, 5.41) is 21.5. The summed E-state index contributed by atoms with van der Waals surface area (Å²) < 4.78 is 11.5. The summed E-state index contributed by atoms with van der Waals surface area (Å²) in [4.78, 5) is 13.8. The number of hydrazone groups is 1. The van der Waals surface area contributed by atoms with Crippen LogP contribution in [0.4, 0.5) is 5.82 Å². The Labute approximate surface area is 180 Å². The summed E-state index contributed by atoms with van der Waals surface area (Å²) in [6, 6.07) is 10.9. The standard InChI is InChI=1S/C19H18N8O3S/c1-3-29-13-8-6-12(7-9-13)16-15(22-26-27(16)18-17(20)24-30-25-18)19(28)23-21-11(2)14-5-4-10-31-14/h4-10H,3H2,1-2H3,(H2,20,24)(H,23,28)/b21-11+. The summed E-state index contributed by atoms with van der Waals surface area (Å²) >= 11 is 1.52. The molecule has 31 heavy (non-hydrogen) atoms. The van der Waals surface area contributed by atoms with Crippen molar-refractivity contribution in [2.75, 3.05) is 12.3 Å². The van der Waals surface area contributed by atoms with Gasteiger partial charge in [-0.2, -0.15) is 9.78 Å². The van der Waals surface area contributed by atoms with Gasteiger partial charge in [-0.25, -0.2) is 10.1 Å². The maximum Gasteiger partial charge on any atom is 0.294 e. The van der Waals surface area contributed by atoms with E-state index in [1.807, 2.05) is 24.4 Å². The predicted octanol–water partition coefficient (Wildman–Crippen LogP) is 2.51. The Kier molecular flexibility index (Phi) is 5.71. The molecule has 3 heterocycles. The first-order chi connectivity index (χ1) is 15.1. The molecule has 0 spiro atoms. The lowest BCUT2D eigenvalue weighted by Crippen LogP contribution is -2.20. The highest BCUT2D eigenvalue weighted by atomic mass is 32.1. The van der Waals surface area contributed by atoms with E-state index in [1.165, 1.54) is 16.0 Å². The number of thiophene rings is 1. The van der Waals surface area contributed by atoms with E-state index in [-0.39, 0.29) is 17.3 Å². The number of hydrogen-bond donors (Lipinski definition) is 2. The number of nitrogens with one attached hydrogen (secondary N) is 1. The van der Waals surface area contributed by atoms with Crippen LogP contribution in [-0.4, -0.2) is 43.5 Å². The van der Waals surface area contributed by atoms with Crippen molar-refractivity contribution < 1.29 is 14.2 Å². The highest BCUT2D eigenvalue weighted by Gasteiger charge is 2.25. The fraction of sp³-hybridized carbons (Fsp3) is 0.158. The van der Waals surface area contributed by atoms with Gasteiger partial charge in [0.15, 0.2) is 5.69 Å². The molecule has 12 heteroatoms. The number of amides is 1. The van der Waals surface area contributed by atoms with Gasteiger partial charge >= 0.3 is 0 Å². The summed E-state index contributed by atoms with van der Waals surface area (Å²) in [5.41, 5.74) is 10.0. The van der Waals surface area contributed by atoms with Crippen LogP contribution in [0.15, 0.2) is 51.5 Å². The zero-order valence-corrected chi connectivity index (χ0v) is 17.5.